The average molecular weight is 221 g/mol. The standard InChI is InChI=1S/C10H10N2O4/c1-11-8(13)9(14)12-7-5-3-2-4-6(7)10(15)16/h2-5H,1H3,(H,11,13)(H,12,14)(H,15,16)/p-1. The summed E-state index contributed by atoms with van der Waals surface area (Å²) in [5.41, 5.74) is -0.157. The van der Waals surface area contributed by atoms with Crippen LogP contribution < -0.4 is 15.7 Å². The number of carbonyl (C=O) groups is 3. The summed E-state index contributed by atoms with van der Waals surface area (Å²) in [6, 6.07) is 5.66. The van der Waals surface area contributed by atoms with Crippen LogP contribution in [0.2, 0.25) is 0 Å². The molecule has 0 saturated carbocycles. The maximum Gasteiger partial charge on any atom is 0.313 e. The van der Waals surface area contributed by atoms with Crippen molar-refractivity contribution in [2.75, 3.05) is 12.4 Å². The lowest BCUT2D eigenvalue weighted by Gasteiger charge is -2.10. The van der Waals surface area contributed by atoms with Crippen LogP contribution >= 0.6 is 0 Å². The summed E-state index contributed by atoms with van der Waals surface area (Å²) < 4.78 is 0. The van der Waals surface area contributed by atoms with E-state index >= 15 is 0 Å². The van der Waals surface area contributed by atoms with E-state index in [9.17, 15) is 19.5 Å². The number of carbonyl (C=O) groups excluding carboxylic acids is 3. The van der Waals surface area contributed by atoms with Crippen molar-refractivity contribution in [3.8, 4) is 0 Å². The van der Waals surface area contributed by atoms with E-state index < -0.39 is 17.8 Å². The molecule has 0 atom stereocenters. The number of nitrogens with one attached hydrogen (secondary N) is 2. The topological polar surface area (TPSA) is 98.3 Å². The Kier molecular flexibility index (Phi) is 3.60. The molecule has 0 spiro atoms. The number of rotatable bonds is 2. The predicted molar refractivity (Wildman–Crippen MR) is 53.5 cm³/mol. The van der Waals surface area contributed by atoms with Crippen LogP contribution in [0.3, 0.4) is 0 Å². The summed E-state index contributed by atoms with van der Waals surface area (Å²) in [5, 5.41) is 15.0. The van der Waals surface area contributed by atoms with E-state index in [1.165, 1.54) is 31.3 Å². The minimum Gasteiger partial charge on any atom is -0.545 e. The van der Waals surface area contributed by atoms with E-state index in [0.29, 0.717) is 0 Å². The first-order chi connectivity index (χ1) is 7.56. The van der Waals surface area contributed by atoms with Crippen molar-refractivity contribution in [3.63, 3.8) is 0 Å². The van der Waals surface area contributed by atoms with E-state index in [2.05, 4.69) is 10.6 Å². The van der Waals surface area contributed by atoms with Gasteiger partial charge in [-0.05, 0) is 6.07 Å². The van der Waals surface area contributed by atoms with Gasteiger partial charge in [0, 0.05) is 12.6 Å². The van der Waals surface area contributed by atoms with Crippen molar-refractivity contribution in [1.29, 1.82) is 0 Å². The molecule has 0 aliphatic heterocycles. The molecular formula is C10H9N2O4-. The molecule has 0 aliphatic rings. The molecule has 1 aromatic rings. The van der Waals surface area contributed by atoms with E-state index in [1.54, 1.807) is 0 Å². The minimum atomic E-state index is -1.42. The third-order valence-corrected chi connectivity index (χ3v) is 1.83. The number of aromatic carboxylic acids is 1. The molecular weight excluding hydrogens is 212 g/mol. The van der Waals surface area contributed by atoms with Gasteiger partial charge in [0.05, 0.1) is 11.7 Å². The first kappa shape index (κ1) is 11.7. The van der Waals surface area contributed by atoms with Crippen LogP contribution in [0.4, 0.5) is 5.69 Å². The second-order valence-electron chi connectivity index (χ2n) is 2.87. The molecule has 0 radical (unpaired) electrons. The Balaban J connectivity index is 2.93. The maximum atomic E-state index is 11.2. The third kappa shape index (κ3) is 2.57. The zero-order chi connectivity index (χ0) is 12.1. The zero-order valence-corrected chi connectivity index (χ0v) is 8.44. The van der Waals surface area contributed by atoms with Crippen LogP contribution in [0.25, 0.3) is 0 Å². The number of carboxylic acids is 1. The van der Waals surface area contributed by atoms with E-state index in [0.717, 1.165) is 0 Å². The Morgan fingerprint density at radius 2 is 1.75 bits per heavy atom. The Morgan fingerprint density at radius 1 is 1.12 bits per heavy atom. The zero-order valence-electron chi connectivity index (χ0n) is 8.44. The highest BCUT2D eigenvalue weighted by atomic mass is 16.4. The second-order valence-corrected chi connectivity index (χ2v) is 2.87. The Hall–Kier alpha value is -2.37. The second kappa shape index (κ2) is 4.92. The Labute approximate surface area is 91.3 Å². The van der Waals surface area contributed by atoms with Crippen LogP contribution in [0.1, 0.15) is 10.4 Å². The summed E-state index contributed by atoms with van der Waals surface area (Å²) in [6.07, 6.45) is 0. The molecule has 1 aromatic carbocycles. The first-order valence-corrected chi connectivity index (χ1v) is 4.39. The number of amides is 2. The van der Waals surface area contributed by atoms with Crippen LogP contribution in [-0.2, 0) is 9.59 Å². The number of hydrogen-bond donors (Lipinski definition) is 2. The van der Waals surface area contributed by atoms with Crippen molar-refractivity contribution in [2.45, 2.75) is 0 Å². The van der Waals surface area contributed by atoms with Gasteiger partial charge in [-0.2, -0.15) is 0 Å². The summed E-state index contributed by atoms with van der Waals surface area (Å²) >= 11 is 0. The third-order valence-electron chi connectivity index (χ3n) is 1.83. The van der Waals surface area contributed by atoms with Crippen LogP contribution in [-0.4, -0.2) is 24.8 Å². The van der Waals surface area contributed by atoms with Crippen LogP contribution in [0.5, 0.6) is 0 Å². The SMILES string of the molecule is CNC(=O)C(=O)Nc1ccccc1C(=O)[O-]. The first-order valence-electron chi connectivity index (χ1n) is 4.39. The molecule has 2 amide bonds. The number of para-hydroxylation sites is 1. The molecule has 6 nitrogen and oxygen atoms in total. The monoisotopic (exact) mass is 221 g/mol. The van der Waals surface area contributed by atoms with Gasteiger partial charge in [-0.25, -0.2) is 0 Å². The number of anilines is 1. The number of hydrogen-bond acceptors (Lipinski definition) is 4. The molecule has 0 heterocycles. The molecule has 0 saturated heterocycles. The van der Waals surface area contributed by atoms with Gasteiger partial charge in [0.1, 0.15) is 0 Å². The fourth-order valence-corrected chi connectivity index (χ4v) is 1.06. The predicted octanol–water partition coefficient (Wildman–Crippen LogP) is -1.27. The molecule has 1 rings (SSSR count). The molecule has 0 fully saturated rings. The average Bonchev–Trinajstić information content (AvgIpc) is 2.28. The lowest BCUT2D eigenvalue weighted by atomic mass is 10.2. The van der Waals surface area contributed by atoms with Gasteiger partial charge in [-0.1, -0.05) is 18.2 Å². The minimum absolute atomic E-state index is 0.0242. The normalized spacial score (nSPS) is 9.31. The van der Waals surface area contributed by atoms with Gasteiger partial charge < -0.3 is 20.5 Å². The highest BCUT2D eigenvalue weighted by Crippen LogP contribution is 2.13. The Morgan fingerprint density at radius 3 is 2.31 bits per heavy atom. The van der Waals surface area contributed by atoms with Crippen LogP contribution in [0.15, 0.2) is 24.3 Å². The molecule has 0 unspecified atom stereocenters. The van der Waals surface area contributed by atoms with Crippen molar-refractivity contribution >= 4 is 23.5 Å². The molecule has 6 heteroatoms. The molecule has 2 N–H and O–H groups in total. The smallest absolute Gasteiger partial charge is 0.313 e. The molecule has 0 bridgehead atoms. The van der Waals surface area contributed by atoms with Crippen molar-refractivity contribution in [3.05, 3.63) is 29.8 Å². The molecule has 0 aromatic heterocycles. The highest BCUT2D eigenvalue weighted by Gasteiger charge is 2.13. The quantitative estimate of drug-likeness (QED) is 0.608. The highest BCUT2D eigenvalue weighted by molar-refractivity contribution is 6.39. The van der Waals surface area contributed by atoms with Gasteiger partial charge >= 0.3 is 11.8 Å². The molecule has 16 heavy (non-hydrogen) atoms. The fraction of sp³-hybridized carbons (Fsp3) is 0.100. The lowest BCUT2D eigenvalue weighted by Crippen LogP contribution is -2.33. The Bertz CT molecular complexity index is 442. The lowest BCUT2D eigenvalue weighted by molar-refractivity contribution is -0.254. The summed E-state index contributed by atoms with van der Waals surface area (Å²) in [4.78, 5) is 32.8. The number of likely N-dealkylation sites (N-methyl/N-ethyl adjacent to an activating group) is 1. The number of benzene rings is 1. The van der Waals surface area contributed by atoms with Crippen molar-refractivity contribution in [2.24, 2.45) is 0 Å². The maximum absolute atomic E-state index is 11.2. The van der Waals surface area contributed by atoms with Gasteiger partial charge in [-0.15, -0.1) is 0 Å². The van der Waals surface area contributed by atoms with Crippen LogP contribution in [0, 0.1) is 0 Å². The van der Waals surface area contributed by atoms with E-state index in [4.69, 9.17) is 0 Å². The van der Waals surface area contributed by atoms with Gasteiger partial charge in [0.2, 0.25) is 0 Å². The van der Waals surface area contributed by atoms with Crippen molar-refractivity contribution in [1.82, 2.24) is 5.32 Å². The molecule has 0 aliphatic carbocycles. The van der Waals surface area contributed by atoms with E-state index in [1.807, 2.05) is 0 Å². The number of carboxylic acid groups (broad SMARTS) is 1. The van der Waals surface area contributed by atoms with E-state index in [-0.39, 0.29) is 11.3 Å². The largest absolute Gasteiger partial charge is 0.545 e. The van der Waals surface area contributed by atoms with Gasteiger partial charge in [0.25, 0.3) is 0 Å². The fourth-order valence-electron chi connectivity index (χ4n) is 1.06. The van der Waals surface area contributed by atoms with Gasteiger partial charge in [-0.3, -0.25) is 9.59 Å². The van der Waals surface area contributed by atoms with Crippen molar-refractivity contribution < 1.29 is 19.5 Å². The summed E-state index contributed by atoms with van der Waals surface area (Å²) in [6.45, 7) is 0. The molecule has 84 valence electrons. The summed E-state index contributed by atoms with van der Waals surface area (Å²) in [5.74, 6) is -3.21. The summed E-state index contributed by atoms with van der Waals surface area (Å²) in [7, 11) is 1.30. The van der Waals surface area contributed by atoms with Gasteiger partial charge in [0.15, 0.2) is 0 Å².